The average molecular weight is 502 g/mol. The highest BCUT2D eigenvalue weighted by molar-refractivity contribution is 6.39. The molecule has 0 aliphatic rings. The average Bonchev–Trinajstić information content (AvgIpc) is 2.79. The summed E-state index contributed by atoms with van der Waals surface area (Å²) in [5.74, 6) is -0.290. The third-order valence-corrected chi connectivity index (χ3v) is 5.57. The van der Waals surface area contributed by atoms with Crippen LogP contribution in [0.15, 0.2) is 60.7 Å². The molecule has 34 heavy (non-hydrogen) atoms. The van der Waals surface area contributed by atoms with Gasteiger partial charge in [0.15, 0.2) is 0 Å². The minimum atomic E-state index is -1.16. The third kappa shape index (κ3) is 7.37. The van der Waals surface area contributed by atoms with Crippen molar-refractivity contribution in [3.63, 3.8) is 0 Å². The van der Waals surface area contributed by atoms with Crippen LogP contribution >= 0.6 is 23.2 Å². The Kier molecular flexibility index (Phi) is 9.13. The third-order valence-electron chi connectivity index (χ3n) is 4.94. The van der Waals surface area contributed by atoms with E-state index >= 15 is 0 Å². The van der Waals surface area contributed by atoms with E-state index in [1.807, 2.05) is 25.1 Å². The standard InChI is InChI=1S/C25H25Cl2N3O4/c1-16-5-2-8-22(29-16)28-13-4-14-34-18-11-9-17(10-12-18)15-21(25(32)33)30-24(31)23-19(26)6-3-7-20(23)27/h2-3,5-12,21H,4,13-15H2,1H3,(H,28,29)(H,30,31)(H,32,33)/t21-/m0/s1. The number of anilines is 1. The van der Waals surface area contributed by atoms with Crippen LogP contribution in [0.3, 0.4) is 0 Å². The molecular formula is C25H25Cl2N3O4. The Morgan fingerprint density at radius 1 is 1.03 bits per heavy atom. The van der Waals surface area contributed by atoms with Gasteiger partial charge in [-0.2, -0.15) is 0 Å². The van der Waals surface area contributed by atoms with Gasteiger partial charge in [0.2, 0.25) is 0 Å². The van der Waals surface area contributed by atoms with Gasteiger partial charge < -0.3 is 20.5 Å². The molecule has 3 rings (SSSR count). The van der Waals surface area contributed by atoms with Crippen molar-refractivity contribution >= 4 is 40.9 Å². The first kappa shape index (κ1) is 25.3. The van der Waals surface area contributed by atoms with Crippen molar-refractivity contribution in [2.75, 3.05) is 18.5 Å². The van der Waals surface area contributed by atoms with E-state index in [2.05, 4.69) is 15.6 Å². The largest absolute Gasteiger partial charge is 0.494 e. The van der Waals surface area contributed by atoms with Crippen LogP contribution in [0, 0.1) is 6.92 Å². The maximum absolute atomic E-state index is 12.6. The number of aliphatic carboxylic acids is 1. The van der Waals surface area contributed by atoms with Crippen molar-refractivity contribution in [1.82, 2.24) is 10.3 Å². The van der Waals surface area contributed by atoms with Gasteiger partial charge in [0.1, 0.15) is 17.6 Å². The predicted octanol–water partition coefficient (Wildman–Crippen LogP) is 5.00. The first-order valence-corrected chi connectivity index (χ1v) is 11.5. The molecular weight excluding hydrogens is 477 g/mol. The zero-order valence-electron chi connectivity index (χ0n) is 18.6. The summed E-state index contributed by atoms with van der Waals surface area (Å²) in [7, 11) is 0. The Hall–Kier alpha value is -3.29. The molecule has 0 spiro atoms. The van der Waals surface area contributed by atoms with Gasteiger partial charge >= 0.3 is 5.97 Å². The number of aromatic nitrogens is 1. The van der Waals surface area contributed by atoms with Gasteiger partial charge in [-0.1, -0.05) is 47.5 Å². The molecule has 0 radical (unpaired) electrons. The normalized spacial score (nSPS) is 11.5. The summed E-state index contributed by atoms with van der Waals surface area (Å²) in [6, 6.07) is 16.4. The van der Waals surface area contributed by atoms with Crippen molar-refractivity contribution in [2.24, 2.45) is 0 Å². The number of nitrogens with one attached hydrogen (secondary N) is 2. The van der Waals surface area contributed by atoms with Gasteiger partial charge in [0.05, 0.1) is 22.2 Å². The van der Waals surface area contributed by atoms with Crippen LogP contribution in [0.5, 0.6) is 5.75 Å². The number of pyridine rings is 1. The SMILES string of the molecule is Cc1cccc(NCCCOc2ccc(C[C@H](NC(=O)c3c(Cl)cccc3Cl)C(=O)O)cc2)n1. The zero-order valence-corrected chi connectivity index (χ0v) is 20.1. The summed E-state index contributed by atoms with van der Waals surface area (Å²) in [5, 5.41) is 15.6. The topological polar surface area (TPSA) is 101 Å². The molecule has 0 fully saturated rings. The second kappa shape index (κ2) is 12.3. The second-order valence-corrected chi connectivity index (χ2v) is 8.42. The lowest BCUT2D eigenvalue weighted by molar-refractivity contribution is -0.139. The summed E-state index contributed by atoms with van der Waals surface area (Å²) >= 11 is 12.1. The summed E-state index contributed by atoms with van der Waals surface area (Å²) < 4.78 is 5.75. The number of hydrogen-bond donors (Lipinski definition) is 3. The van der Waals surface area contributed by atoms with Gasteiger partial charge in [-0.3, -0.25) is 4.79 Å². The number of nitrogens with zero attached hydrogens (tertiary/aromatic N) is 1. The van der Waals surface area contributed by atoms with Crippen LogP contribution in [0.2, 0.25) is 10.0 Å². The number of aryl methyl sites for hydroxylation is 1. The van der Waals surface area contributed by atoms with Gasteiger partial charge in [-0.25, -0.2) is 9.78 Å². The van der Waals surface area contributed by atoms with Crippen LogP contribution in [0.4, 0.5) is 5.82 Å². The van der Waals surface area contributed by atoms with Crippen LogP contribution < -0.4 is 15.4 Å². The van der Waals surface area contributed by atoms with E-state index in [0.29, 0.717) is 12.4 Å². The molecule has 0 aliphatic heterocycles. The first-order chi connectivity index (χ1) is 16.3. The van der Waals surface area contributed by atoms with E-state index in [4.69, 9.17) is 27.9 Å². The van der Waals surface area contributed by atoms with Crippen molar-refractivity contribution in [1.29, 1.82) is 0 Å². The molecule has 1 amide bonds. The van der Waals surface area contributed by atoms with E-state index < -0.39 is 17.9 Å². The number of amides is 1. The summed E-state index contributed by atoms with van der Waals surface area (Å²) in [6.45, 7) is 3.19. The van der Waals surface area contributed by atoms with Gasteiger partial charge in [-0.05, 0) is 55.3 Å². The predicted molar refractivity (Wildman–Crippen MR) is 133 cm³/mol. The number of carboxylic acid groups (broad SMARTS) is 1. The maximum Gasteiger partial charge on any atom is 0.326 e. The maximum atomic E-state index is 12.6. The number of hydrogen-bond acceptors (Lipinski definition) is 5. The van der Waals surface area contributed by atoms with E-state index in [1.54, 1.807) is 30.3 Å². The van der Waals surface area contributed by atoms with Crippen LogP contribution in [-0.4, -0.2) is 41.2 Å². The lowest BCUT2D eigenvalue weighted by atomic mass is 10.1. The molecule has 178 valence electrons. The molecule has 2 aromatic carbocycles. The smallest absolute Gasteiger partial charge is 0.326 e. The van der Waals surface area contributed by atoms with Crippen molar-refractivity contribution in [2.45, 2.75) is 25.8 Å². The molecule has 0 saturated heterocycles. The summed E-state index contributed by atoms with van der Waals surface area (Å²) in [6.07, 6.45) is 0.881. The number of ether oxygens (including phenoxy) is 1. The van der Waals surface area contributed by atoms with Crippen molar-refractivity contribution < 1.29 is 19.4 Å². The molecule has 1 aromatic heterocycles. The highest BCUT2D eigenvalue weighted by Gasteiger charge is 2.23. The summed E-state index contributed by atoms with van der Waals surface area (Å²) in [4.78, 5) is 28.7. The number of halogens is 2. The molecule has 0 unspecified atom stereocenters. The summed E-state index contributed by atoms with van der Waals surface area (Å²) in [5.41, 5.74) is 1.74. The van der Waals surface area contributed by atoms with E-state index in [0.717, 1.165) is 30.0 Å². The molecule has 3 aromatic rings. The quantitative estimate of drug-likeness (QED) is 0.319. The highest BCUT2D eigenvalue weighted by Crippen LogP contribution is 2.24. The van der Waals surface area contributed by atoms with Crippen molar-refractivity contribution in [3.05, 3.63) is 87.5 Å². The molecule has 3 N–H and O–H groups in total. The van der Waals surface area contributed by atoms with Gasteiger partial charge in [0.25, 0.3) is 5.91 Å². The Bertz CT molecular complexity index is 1120. The van der Waals surface area contributed by atoms with Crippen LogP contribution in [0.1, 0.15) is 28.0 Å². The zero-order chi connectivity index (χ0) is 24.5. The van der Waals surface area contributed by atoms with E-state index in [-0.39, 0.29) is 22.0 Å². The number of rotatable bonds is 11. The van der Waals surface area contributed by atoms with Crippen molar-refractivity contribution in [3.8, 4) is 5.75 Å². The minimum Gasteiger partial charge on any atom is -0.494 e. The molecule has 0 aliphatic carbocycles. The molecule has 1 heterocycles. The van der Waals surface area contributed by atoms with Crippen LogP contribution in [-0.2, 0) is 11.2 Å². The number of carbonyl (C=O) groups is 2. The number of carboxylic acids is 1. The fourth-order valence-electron chi connectivity index (χ4n) is 3.22. The lowest BCUT2D eigenvalue weighted by Gasteiger charge is -2.16. The van der Waals surface area contributed by atoms with Crippen LogP contribution in [0.25, 0.3) is 0 Å². The second-order valence-electron chi connectivity index (χ2n) is 7.60. The Labute approximate surface area is 208 Å². The monoisotopic (exact) mass is 501 g/mol. The van der Waals surface area contributed by atoms with E-state index in [9.17, 15) is 14.7 Å². The van der Waals surface area contributed by atoms with Gasteiger partial charge in [-0.15, -0.1) is 0 Å². The molecule has 9 heteroatoms. The molecule has 7 nitrogen and oxygen atoms in total. The lowest BCUT2D eigenvalue weighted by Crippen LogP contribution is -2.42. The minimum absolute atomic E-state index is 0.0495. The first-order valence-electron chi connectivity index (χ1n) is 10.7. The highest BCUT2D eigenvalue weighted by atomic mass is 35.5. The number of benzene rings is 2. The molecule has 0 bridgehead atoms. The Morgan fingerprint density at radius 2 is 1.71 bits per heavy atom. The fourth-order valence-corrected chi connectivity index (χ4v) is 3.79. The van der Waals surface area contributed by atoms with Gasteiger partial charge in [0, 0.05) is 18.7 Å². The molecule has 0 saturated carbocycles. The Balaban J connectivity index is 1.48. The number of carbonyl (C=O) groups excluding carboxylic acids is 1. The Morgan fingerprint density at radius 3 is 2.35 bits per heavy atom. The van der Waals surface area contributed by atoms with E-state index in [1.165, 1.54) is 12.1 Å². The fraction of sp³-hybridized carbons (Fsp3) is 0.240. The molecule has 1 atom stereocenters.